The van der Waals surface area contributed by atoms with Crippen molar-refractivity contribution in [1.29, 1.82) is 0 Å². The normalized spacial score (nSPS) is 42.1. The Kier molecular flexibility index (Phi) is 3.40. The number of alkyl halides is 2. The van der Waals surface area contributed by atoms with Crippen LogP contribution in [0.3, 0.4) is 0 Å². The average Bonchev–Trinajstić information content (AvgIpc) is 2.21. The Morgan fingerprint density at radius 1 is 1.41 bits per heavy atom. The number of hydrogen-bond acceptors (Lipinski definition) is 4. The third kappa shape index (κ3) is 2.45. The van der Waals surface area contributed by atoms with Crippen LogP contribution in [-0.4, -0.2) is 35.0 Å². The molecule has 4 atom stereocenters. The number of ether oxygens (including phenoxy) is 1. The molecular formula is C14H20F2O5S. The highest BCUT2D eigenvalue weighted by Crippen LogP contribution is 2.58. The zero-order chi connectivity index (χ0) is 16.4. The fourth-order valence-electron chi connectivity index (χ4n) is 4.44. The number of hydrogen-bond donors (Lipinski definition) is 2. The molecule has 8 heteroatoms. The second-order valence-electron chi connectivity index (χ2n) is 7.23. The Morgan fingerprint density at radius 2 is 2.05 bits per heavy atom. The quantitative estimate of drug-likeness (QED) is 0.772. The van der Waals surface area contributed by atoms with E-state index in [0.717, 1.165) is 31.8 Å². The van der Waals surface area contributed by atoms with Crippen molar-refractivity contribution in [3.63, 3.8) is 0 Å². The van der Waals surface area contributed by atoms with E-state index in [9.17, 15) is 22.3 Å². The molecule has 3 rings (SSSR count). The lowest BCUT2D eigenvalue weighted by molar-refractivity contribution is -0.126. The van der Waals surface area contributed by atoms with Gasteiger partial charge in [-0.25, -0.2) is 0 Å². The number of aliphatic hydroxyl groups is 1. The Bertz CT molecular complexity index is 613. The van der Waals surface area contributed by atoms with E-state index in [4.69, 9.17) is 9.29 Å². The molecule has 0 radical (unpaired) electrons. The van der Waals surface area contributed by atoms with E-state index in [1.807, 2.05) is 0 Å². The van der Waals surface area contributed by atoms with Gasteiger partial charge in [-0.3, -0.25) is 4.55 Å². The van der Waals surface area contributed by atoms with Crippen molar-refractivity contribution in [2.45, 2.75) is 62.4 Å². The average molecular weight is 338 g/mol. The second kappa shape index (κ2) is 4.64. The summed E-state index contributed by atoms with van der Waals surface area (Å²) in [5.74, 6) is 0.661. The molecule has 2 fully saturated rings. The van der Waals surface area contributed by atoms with Crippen LogP contribution in [0.2, 0.25) is 0 Å². The van der Waals surface area contributed by atoms with E-state index in [2.05, 4.69) is 0 Å². The molecule has 5 nitrogen and oxygen atoms in total. The summed E-state index contributed by atoms with van der Waals surface area (Å²) >= 11 is 0. The highest BCUT2D eigenvalue weighted by atomic mass is 32.2. The maximum absolute atomic E-state index is 13.5. The van der Waals surface area contributed by atoms with Crippen molar-refractivity contribution in [1.82, 2.24) is 0 Å². The first-order valence-electron chi connectivity index (χ1n) is 7.41. The van der Waals surface area contributed by atoms with Crippen LogP contribution in [0.5, 0.6) is 0 Å². The summed E-state index contributed by atoms with van der Waals surface area (Å²) in [5, 5.41) is 6.05. The first-order chi connectivity index (χ1) is 9.95. The van der Waals surface area contributed by atoms with Gasteiger partial charge in [0.05, 0.1) is 5.60 Å². The minimum absolute atomic E-state index is 0.322. The zero-order valence-corrected chi connectivity index (χ0v) is 13.1. The van der Waals surface area contributed by atoms with E-state index in [0.29, 0.717) is 24.5 Å². The van der Waals surface area contributed by atoms with Gasteiger partial charge in [0, 0.05) is 11.5 Å². The van der Waals surface area contributed by atoms with Crippen LogP contribution in [0, 0.1) is 11.3 Å². The van der Waals surface area contributed by atoms with Crippen LogP contribution in [0.1, 0.15) is 45.4 Å². The summed E-state index contributed by atoms with van der Waals surface area (Å²) in [4.78, 5) is 0. The van der Waals surface area contributed by atoms with E-state index in [1.165, 1.54) is 0 Å². The Labute approximate surface area is 128 Å². The summed E-state index contributed by atoms with van der Waals surface area (Å²) in [7, 11) is -5.52. The summed E-state index contributed by atoms with van der Waals surface area (Å²) in [6.07, 6.45) is 3.67. The predicted octanol–water partition coefficient (Wildman–Crippen LogP) is 2.47. The molecule has 0 aromatic carbocycles. The van der Waals surface area contributed by atoms with Gasteiger partial charge in [0.1, 0.15) is 5.76 Å². The van der Waals surface area contributed by atoms with Crippen molar-refractivity contribution in [2.75, 3.05) is 0 Å². The molecule has 1 heterocycles. The van der Waals surface area contributed by atoms with E-state index < -0.39 is 32.5 Å². The second-order valence-corrected chi connectivity index (χ2v) is 8.72. The summed E-state index contributed by atoms with van der Waals surface area (Å²) < 4.78 is 62.3. The first-order valence-corrected chi connectivity index (χ1v) is 8.85. The molecule has 126 valence electrons. The molecule has 22 heavy (non-hydrogen) atoms. The van der Waals surface area contributed by atoms with Crippen molar-refractivity contribution >= 4 is 10.1 Å². The van der Waals surface area contributed by atoms with Crippen molar-refractivity contribution < 1.29 is 31.6 Å². The smallest absolute Gasteiger partial charge is 0.409 e. The van der Waals surface area contributed by atoms with Gasteiger partial charge in [0.2, 0.25) is 6.10 Å². The molecule has 2 saturated carbocycles. The SMILES string of the molecule is CC1(O)CC2CCCC(C3=CC(C(F)(F)S(=O)(=O)O)O3)(C2)C1. The molecule has 3 aliphatic rings. The lowest BCUT2D eigenvalue weighted by Gasteiger charge is -2.53. The van der Waals surface area contributed by atoms with Gasteiger partial charge >= 0.3 is 15.4 Å². The Morgan fingerprint density at radius 3 is 2.64 bits per heavy atom. The fraction of sp³-hybridized carbons (Fsp3) is 0.857. The first kappa shape index (κ1) is 16.1. The minimum Gasteiger partial charge on any atom is -0.482 e. The largest absolute Gasteiger partial charge is 0.482 e. The molecule has 0 amide bonds. The topological polar surface area (TPSA) is 83.8 Å². The number of rotatable bonds is 3. The van der Waals surface area contributed by atoms with Gasteiger partial charge in [-0.05, 0) is 38.5 Å². The molecular weight excluding hydrogens is 318 g/mol. The van der Waals surface area contributed by atoms with Crippen LogP contribution in [0.4, 0.5) is 8.78 Å². The van der Waals surface area contributed by atoms with E-state index >= 15 is 0 Å². The Balaban J connectivity index is 1.85. The number of halogens is 2. The van der Waals surface area contributed by atoms with Crippen molar-refractivity contribution in [3.8, 4) is 0 Å². The molecule has 0 aromatic rings. The minimum atomic E-state index is -5.52. The molecule has 2 N–H and O–H groups in total. The number of allylic oxidation sites excluding steroid dienone is 1. The van der Waals surface area contributed by atoms with Crippen LogP contribution < -0.4 is 0 Å². The van der Waals surface area contributed by atoms with E-state index in [-0.39, 0.29) is 0 Å². The van der Waals surface area contributed by atoms with Gasteiger partial charge in [-0.15, -0.1) is 0 Å². The number of fused-ring (bicyclic) bond motifs is 2. The highest BCUT2D eigenvalue weighted by Gasteiger charge is 2.60. The monoisotopic (exact) mass is 338 g/mol. The van der Waals surface area contributed by atoms with Crippen molar-refractivity contribution in [2.24, 2.45) is 11.3 Å². The maximum Gasteiger partial charge on any atom is 0.409 e. The summed E-state index contributed by atoms with van der Waals surface area (Å²) in [6.45, 7) is 1.74. The molecule has 2 aliphatic carbocycles. The third-order valence-corrected chi connectivity index (χ3v) is 6.07. The van der Waals surface area contributed by atoms with Gasteiger partial charge in [-0.1, -0.05) is 12.8 Å². The van der Waals surface area contributed by atoms with Crippen LogP contribution >= 0.6 is 0 Å². The van der Waals surface area contributed by atoms with Gasteiger partial charge in [0.15, 0.2) is 0 Å². The third-order valence-electron chi connectivity index (χ3n) is 5.15. The molecule has 4 unspecified atom stereocenters. The highest BCUT2D eigenvalue weighted by molar-refractivity contribution is 7.86. The predicted molar refractivity (Wildman–Crippen MR) is 73.7 cm³/mol. The van der Waals surface area contributed by atoms with Crippen LogP contribution in [-0.2, 0) is 14.9 Å². The zero-order valence-electron chi connectivity index (χ0n) is 12.3. The summed E-state index contributed by atoms with van der Waals surface area (Å²) in [5.41, 5.74) is -1.36. The molecule has 2 bridgehead atoms. The molecule has 0 aromatic heterocycles. The van der Waals surface area contributed by atoms with Crippen LogP contribution in [0.25, 0.3) is 0 Å². The lowest BCUT2D eigenvalue weighted by Crippen LogP contribution is -2.52. The molecule has 1 aliphatic heterocycles. The standard InChI is InChI=1S/C14H20F2O5S/c1-12(17)6-9-3-2-4-13(7-9,8-12)10-5-11(21-10)14(15,16)22(18,19)20/h5,9,11,17H,2-4,6-8H2,1H3,(H,18,19,20). The molecule has 0 saturated heterocycles. The maximum atomic E-state index is 13.5. The molecule has 0 spiro atoms. The van der Waals surface area contributed by atoms with Gasteiger partial charge in [-0.2, -0.15) is 17.2 Å². The lowest BCUT2D eigenvalue weighted by atomic mass is 9.56. The van der Waals surface area contributed by atoms with E-state index in [1.54, 1.807) is 6.92 Å². The van der Waals surface area contributed by atoms with Gasteiger partial charge < -0.3 is 9.84 Å². The summed E-state index contributed by atoms with van der Waals surface area (Å²) in [6, 6.07) is 0. The van der Waals surface area contributed by atoms with Crippen LogP contribution in [0.15, 0.2) is 11.8 Å². The van der Waals surface area contributed by atoms with Crippen molar-refractivity contribution in [3.05, 3.63) is 11.8 Å². The Hall–Kier alpha value is -0.730. The fourth-order valence-corrected chi connectivity index (χ4v) is 4.85. The van der Waals surface area contributed by atoms with Gasteiger partial charge in [0.25, 0.3) is 0 Å².